The highest BCUT2D eigenvalue weighted by atomic mass is 31.1. The fraction of sp³-hybridized carbons (Fsp3) is 1.00. The third-order valence-electron chi connectivity index (χ3n) is 2.27. The zero-order valence-electron chi connectivity index (χ0n) is 6.44. The molecule has 0 amide bonds. The molecule has 0 aromatic heterocycles. The summed E-state index contributed by atoms with van der Waals surface area (Å²) in [6.45, 7) is 0. The molecular weight excluding hydrogens is 143 g/mol. The summed E-state index contributed by atoms with van der Waals surface area (Å²) in [7, 11) is -0.0506. The first-order valence-corrected chi connectivity index (χ1v) is 5.29. The second kappa shape index (κ2) is 4.85. The molecule has 1 saturated carbocycles. The first kappa shape index (κ1) is 8.20. The highest BCUT2D eigenvalue weighted by Gasteiger charge is 2.16. The molecule has 1 fully saturated rings. The molecule has 1 unspecified atom stereocenters. The molecule has 0 aromatic rings. The molecule has 58 valence electrons. The lowest BCUT2D eigenvalue weighted by molar-refractivity contribution is 0.499. The van der Waals surface area contributed by atoms with Crippen LogP contribution in [-0.4, -0.2) is 5.66 Å². The van der Waals surface area contributed by atoms with Gasteiger partial charge in [-0.2, -0.15) is 0 Å². The van der Waals surface area contributed by atoms with E-state index in [1.54, 1.807) is 0 Å². The largest absolute Gasteiger partial charge is 0.327 e. The summed E-state index contributed by atoms with van der Waals surface area (Å²) in [4.78, 5) is 0. The predicted molar refractivity (Wildman–Crippen MR) is 45.1 cm³/mol. The van der Waals surface area contributed by atoms with Crippen molar-refractivity contribution in [2.24, 2.45) is 0 Å². The van der Waals surface area contributed by atoms with Gasteiger partial charge in [0.1, 0.15) is 0 Å². The first-order chi connectivity index (χ1) is 4.93. The third kappa shape index (κ3) is 2.79. The molecule has 1 nitrogen and oxygen atoms in total. The molecule has 1 atom stereocenters. The van der Waals surface area contributed by atoms with Crippen LogP contribution < -0.4 is 0 Å². The molecule has 0 N–H and O–H groups in total. The molecule has 1 aliphatic rings. The van der Waals surface area contributed by atoms with E-state index < -0.39 is 0 Å². The molecule has 1 rings (SSSR count). The SMILES string of the molecule is O=[PH+]C1CCCCCCC1. The lowest BCUT2D eigenvalue weighted by Gasteiger charge is -2.08. The van der Waals surface area contributed by atoms with Crippen molar-refractivity contribution >= 4 is 8.46 Å². The second-order valence-electron chi connectivity index (χ2n) is 3.16. The molecule has 0 radical (unpaired) electrons. The normalized spacial score (nSPS) is 24.0. The molecule has 0 aromatic carbocycles. The van der Waals surface area contributed by atoms with E-state index in [1.807, 2.05) is 0 Å². The number of rotatable bonds is 1. The quantitative estimate of drug-likeness (QED) is 0.537. The van der Waals surface area contributed by atoms with E-state index in [0.29, 0.717) is 5.66 Å². The Kier molecular flexibility index (Phi) is 3.97. The van der Waals surface area contributed by atoms with Gasteiger partial charge in [0.25, 0.3) is 0 Å². The summed E-state index contributed by atoms with van der Waals surface area (Å²) in [5.41, 5.74) is 0.542. The lowest BCUT2D eigenvalue weighted by atomic mass is 10.0. The van der Waals surface area contributed by atoms with Gasteiger partial charge in [0.05, 0.1) is 0 Å². The lowest BCUT2D eigenvalue weighted by Crippen LogP contribution is -2.01. The van der Waals surface area contributed by atoms with Gasteiger partial charge in [-0.05, 0) is 25.7 Å². The van der Waals surface area contributed by atoms with E-state index in [0.717, 1.165) is 0 Å². The van der Waals surface area contributed by atoms with E-state index in [2.05, 4.69) is 0 Å². The van der Waals surface area contributed by atoms with Gasteiger partial charge in [0, 0.05) is 0 Å². The van der Waals surface area contributed by atoms with Crippen LogP contribution in [-0.2, 0) is 4.57 Å². The minimum absolute atomic E-state index is 0.0506. The third-order valence-corrected chi connectivity index (χ3v) is 3.18. The van der Waals surface area contributed by atoms with E-state index in [9.17, 15) is 4.57 Å². The minimum atomic E-state index is -0.0506. The Balaban J connectivity index is 2.22. The maximum absolute atomic E-state index is 10.6. The van der Waals surface area contributed by atoms with E-state index in [1.165, 1.54) is 44.9 Å². The van der Waals surface area contributed by atoms with Gasteiger partial charge in [0.15, 0.2) is 5.66 Å². The molecule has 10 heavy (non-hydrogen) atoms. The predicted octanol–water partition coefficient (Wildman–Crippen LogP) is 3.12. The van der Waals surface area contributed by atoms with Crippen LogP contribution in [0.25, 0.3) is 0 Å². The monoisotopic (exact) mass is 159 g/mol. The van der Waals surface area contributed by atoms with Gasteiger partial charge < -0.3 is 0 Å². The van der Waals surface area contributed by atoms with Crippen molar-refractivity contribution in [2.75, 3.05) is 0 Å². The van der Waals surface area contributed by atoms with Crippen molar-refractivity contribution in [2.45, 2.75) is 50.6 Å². The van der Waals surface area contributed by atoms with E-state index >= 15 is 0 Å². The highest BCUT2D eigenvalue weighted by Crippen LogP contribution is 2.24. The second-order valence-corrected chi connectivity index (χ2v) is 4.21. The van der Waals surface area contributed by atoms with Crippen molar-refractivity contribution in [3.63, 3.8) is 0 Å². The zero-order valence-corrected chi connectivity index (χ0v) is 7.44. The van der Waals surface area contributed by atoms with Crippen LogP contribution in [0, 0.1) is 0 Å². The van der Waals surface area contributed by atoms with Crippen LogP contribution in [0.3, 0.4) is 0 Å². The Bertz CT molecular complexity index is 95.4. The van der Waals surface area contributed by atoms with Gasteiger partial charge in [-0.1, -0.05) is 23.8 Å². The number of hydrogen-bond donors (Lipinski definition) is 0. The summed E-state index contributed by atoms with van der Waals surface area (Å²) >= 11 is 0. The van der Waals surface area contributed by atoms with E-state index in [4.69, 9.17) is 0 Å². The maximum Gasteiger partial charge on any atom is 0.327 e. The Morgan fingerprint density at radius 3 is 1.90 bits per heavy atom. The van der Waals surface area contributed by atoms with Crippen LogP contribution in [0.15, 0.2) is 0 Å². The molecule has 1 aliphatic carbocycles. The van der Waals surface area contributed by atoms with Crippen LogP contribution in [0.1, 0.15) is 44.9 Å². The Morgan fingerprint density at radius 1 is 0.900 bits per heavy atom. The number of hydrogen-bond acceptors (Lipinski definition) is 1. The molecule has 2 heteroatoms. The van der Waals surface area contributed by atoms with Crippen molar-refractivity contribution in [1.82, 2.24) is 0 Å². The fourth-order valence-corrected chi connectivity index (χ4v) is 2.22. The van der Waals surface area contributed by atoms with E-state index in [-0.39, 0.29) is 8.46 Å². The molecular formula is C8H16OP+. The van der Waals surface area contributed by atoms with Crippen molar-refractivity contribution in [1.29, 1.82) is 0 Å². The van der Waals surface area contributed by atoms with Gasteiger partial charge in [0.2, 0.25) is 0 Å². The molecule has 0 saturated heterocycles. The summed E-state index contributed by atoms with van der Waals surface area (Å²) < 4.78 is 10.6. The topological polar surface area (TPSA) is 17.1 Å². The average molecular weight is 159 g/mol. The molecule has 0 bridgehead atoms. The summed E-state index contributed by atoms with van der Waals surface area (Å²) in [6, 6.07) is 0. The molecule has 0 aliphatic heterocycles. The summed E-state index contributed by atoms with van der Waals surface area (Å²) in [5, 5.41) is 0. The van der Waals surface area contributed by atoms with Crippen molar-refractivity contribution in [3.05, 3.63) is 0 Å². The highest BCUT2D eigenvalue weighted by molar-refractivity contribution is 7.24. The fourth-order valence-electron chi connectivity index (χ4n) is 1.57. The minimum Gasteiger partial charge on any atom is -0.0772 e. The van der Waals surface area contributed by atoms with Gasteiger partial charge in [-0.15, -0.1) is 0 Å². The summed E-state index contributed by atoms with van der Waals surface area (Å²) in [5.74, 6) is 0. The van der Waals surface area contributed by atoms with Crippen LogP contribution in [0.5, 0.6) is 0 Å². The Hall–Kier alpha value is 0.100. The van der Waals surface area contributed by atoms with Gasteiger partial charge in [-0.3, -0.25) is 0 Å². The van der Waals surface area contributed by atoms with Crippen molar-refractivity contribution in [3.8, 4) is 0 Å². The molecule has 0 spiro atoms. The maximum atomic E-state index is 10.6. The Morgan fingerprint density at radius 2 is 1.40 bits per heavy atom. The van der Waals surface area contributed by atoms with Gasteiger partial charge in [-0.25, -0.2) is 0 Å². The van der Waals surface area contributed by atoms with Gasteiger partial charge >= 0.3 is 8.46 Å². The smallest absolute Gasteiger partial charge is 0.0772 e. The van der Waals surface area contributed by atoms with Crippen LogP contribution in [0.4, 0.5) is 0 Å². The first-order valence-electron chi connectivity index (χ1n) is 4.31. The van der Waals surface area contributed by atoms with Crippen molar-refractivity contribution < 1.29 is 4.57 Å². The zero-order chi connectivity index (χ0) is 7.23. The van der Waals surface area contributed by atoms with Crippen LogP contribution >= 0.6 is 8.46 Å². The average Bonchev–Trinajstić information content (AvgIpc) is 1.87. The Labute approximate surface area is 64.4 Å². The standard InChI is InChI=1S/C8H15OP/c9-10-8-6-4-2-1-3-5-7-8/h8H,1-7H2/p+1. The molecule has 0 heterocycles. The summed E-state index contributed by atoms with van der Waals surface area (Å²) in [6.07, 6.45) is 9.15. The van der Waals surface area contributed by atoms with Crippen LogP contribution in [0.2, 0.25) is 0 Å².